The largest absolute Gasteiger partial charge is 0.440 e. The van der Waals surface area contributed by atoms with Gasteiger partial charge in [-0.3, -0.25) is 4.79 Å². The van der Waals surface area contributed by atoms with Crippen LogP contribution in [0.2, 0.25) is 0 Å². The van der Waals surface area contributed by atoms with Crippen molar-refractivity contribution in [3.05, 3.63) is 35.7 Å². The summed E-state index contributed by atoms with van der Waals surface area (Å²) in [5, 5.41) is 4.97. The van der Waals surface area contributed by atoms with Crippen LogP contribution in [0.15, 0.2) is 34.3 Å². The molecule has 1 fully saturated rings. The minimum Gasteiger partial charge on any atom is -0.440 e. The van der Waals surface area contributed by atoms with E-state index < -0.39 is 0 Å². The van der Waals surface area contributed by atoms with Crippen LogP contribution in [-0.4, -0.2) is 27.0 Å². The van der Waals surface area contributed by atoms with Crippen molar-refractivity contribution in [3.63, 3.8) is 0 Å². The number of amides is 1. The maximum Gasteiger partial charge on any atom is 0.243 e. The van der Waals surface area contributed by atoms with Crippen LogP contribution in [0.4, 0.5) is 0 Å². The van der Waals surface area contributed by atoms with Gasteiger partial charge in [0.1, 0.15) is 17.5 Å². The van der Waals surface area contributed by atoms with Crippen molar-refractivity contribution in [1.82, 2.24) is 19.9 Å². The number of hydrogen-bond acceptors (Lipinski definition) is 5. The molecule has 7 heteroatoms. The molecular formula is C17H18N4O2S. The smallest absolute Gasteiger partial charge is 0.243 e. The summed E-state index contributed by atoms with van der Waals surface area (Å²) in [5.41, 5.74) is 0.695. The fraction of sp³-hybridized carbons (Fsp3) is 0.353. The molecule has 124 valence electrons. The third-order valence-corrected chi connectivity index (χ3v) is 5.11. The second-order valence-electron chi connectivity index (χ2n) is 5.86. The van der Waals surface area contributed by atoms with Gasteiger partial charge in [-0.15, -0.1) is 11.3 Å². The first kappa shape index (κ1) is 15.1. The van der Waals surface area contributed by atoms with Crippen LogP contribution in [0.5, 0.6) is 0 Å². The van der Waals surface area contributed by atoms with Gasteiger partial charge in [0.2, 0.25) is 11.8 Å². The van der Waals surface area contributed by atoms with E-state index in [1.54, 1.807) is 17.5 Å². The first-order chi connectivity index (χ1) is 11.7. The number of aromatic nitrogens is 3. The van der Waals surface area contributed by atoms with E-state index in [9.17, 15) is 4.79 Å². The van der Waals surface area contributed by atoms with Gasteiger partial charge in [-0.25, -0.2) is 9.97 Å². The Kier molecular flexibility index (Phi) is 3.93. The van der Waals surface area contributed by atoms with Crippen LogP contribution in [0.1, 0.15) is 31.1 Å². The summed E-state index contributed by atoms with van der Waals surface area (Å²) in [5.74, 6) is 2.03. The first-order valence-corrected chi connectivity index (χ1v) is 8.94. The average molecular weight is 342 g/mol. The molecule has 1 N–H and O–H groups in total. The summed E-state index contributed by atoms with van der Waals surface area (Å²) >= 11 is 1.58. The van der Waals surface area contributed by atoms with Gasteiger partial charge in [-0.2, -0.15) is 0 Å². The van der Waals surface area contributed by atoms with Gasteiger partial charge in [0.15, 0.2) is 5.82 Å². The van der Waals surface area contributed by atoms with Crippen LogP contribution >= 0.6 is 11.3 Å². The Morgan fingerprint density at radius 3 is 3.17 bits per heavy atom. The molecule has 1 amide bonds. The summed E-state index contributed by atoms with van der Waals surface area (Å²) < 4.78 is 7.74. The summed E-state index contributed by atoms with van der Waals surface area (Å²) in [4.78, 5) is 22.4. The topological polar surface area (TPSA) is 73.0 Å². The van der Waals surface area contributed by atoms with Crippen molar-refractivity contribution >= 4 is 17.2 Å². The van der Waals surface area contributed by atoms with E-state index in [-0.39, 0.29) is 11.9 Å². The quantitative estimate of drug-likeness (QED) is 0.791. The van der Waals surface area contributed by atoms with E-state index in [0.29, 0.717) is 23.2 Å². The number of oxazole rings is 1. The highest BCUT2D eigenvalue weighted by Gasteiger charge is 2.27. The highest BCUT2D eigenvalue weighted by atomic mass is 32.1. The number of nitrogens with zero attached hydrogens (tertiary/aromatic N) is 3. The summed E-state index contributed by atoms with van der Waals surface area (Å²) in [6.45, 7) is 2.62. The van der Waals surface area contributed by atoms with Crippen LogP contribution in [0.3, 0.4) is 0 Å². The molecule has 1 saturated heterocycles. The molecule has 1 aliphatic heterocycles. The third kappa shape index (κ3) is 2.65. The summed E-state index contributed by atoms with van der Waals surface area (Å²) in [6.07, 6.45) is 6.40. The van der Waals surface area contributed by atoms with Crippen molar-refractivity contribution in [2.45, 2.75) is 32.2 Å². The zero-order chi connectivity index (χ0) is 16.5. The van der Waals surface area contributed by atoms with E-state index in [1.165, 1.54) is 0 Å². The van der Waals surface area contributed by atoms with Gasteiger partial charge in [0.05, 0.1) is 4.88 Å². The van der Waals surface area contributed by atoms with Crippen LogP contribution in [-0.2, 0) is 4.79 Å². The molecule has 3 aromatic heterocycles. The van der Waals surface area contributed by atoms with Gasteiger partial charge in [0, 0.05) is 18.9 Å². The van der Waals surface area contributed by atoms with Crippen LogP contribution in [0, 0.1) is 6.92 Å². The molecular weight excluding hydrogens is 324 g/mol. The van der Waals surface area contributed by atoms with Gasteiger partial charge < -0.3 is 14.3 Å². The monoisotopic (exact) mass is 342 g/mol. The number of nitrogens with one attached hydrogen (secondary N) is 1. The van der Waals surface area contributed by atoms with E-state index in [1.807, 2.05) is 35.2 Å². The molecule has 4 heterocycles. The molecule has 6 nitrogen and oxygen atoms in total. The lowest BCUT2D eigenvalue weighted by Crippen LogP contribution is -2.31. The highest BCUT2D eigenvalue weighted by molar-refractivity contribution is 7.13. The Hall–Kier alpha value is -2.41. The predicted molar refractivity (Wildman–Crippen MR) is 91.7 cm³/mol. The normalized spacial score (nSPS) is 18.4. The SMILES string of the molecule is Cc1oc(-c2cccs2)nc1-c1nccn1[C@@H]1CCCCNC1=O. The van der Waals surface area contributed by atoms with Crippen molar-refractivity contribution in [1.29, 1.82) is 0 Å². The first-order valence-electron chi connectivity index (χ1n) is 8.06. The summed E-state index contributed by atoms with van der Waals surface area (Å²) in [6, 6.07) is 3.70. The molecule has 4 rings (SSSR count). The molecule has 24 heavy (non-hydrogen) atoms. The van der Waals surface area contributed by atoms with E-state index >= 15 is 0 Å². The maximum atomic E-state index is 12.4. The Bertz CT molecular complexity index is 850. The number of hydrogen-bond donors (Lipinski definition) is 1. The molecule has 0 aromatic carbocycles. The maximum absolute atomic E-state index is 12.4. The number of thiophene rings is 1. The fourth-order valence-electron chi connectivity index (χ4n) is 3.05. The molecule has 1 aliphatic rings. The molecule has 0 bridgehead atoms. The zero-order valence-corrected chi connectivity index (χ0v) is 14.2. The minimum absolute atomic E-state index is 0.0476. The van der Waals surface area contributed by atoms with Gasteiger partial charge in [0.25, 0.3) is 0 Å². The molecule has 0 saturated carbocycles. The number of carbonyl (C=O) groups excluding carboxylic acids is 1. The predicted octanol–water partition coefficient (Wildman–Crippen LogP) is 3.42. The number of imidazole rings is 1. The third-order valence-electron chi connectivity index (χ3n) is 4.25. The van der Waals surface area contributed by atoms with E-state index in [0.717, 1.165) is 30.7 Å². The standard InChI is InChI=1S/C17H18N4O2S/c1-11-14(20-17(23-11)13-6-4-10-24-13)15-18-8-9-21(15)12-5-2-3-7-19-16(12)22/h4,6,8-10,12H,2-3,5,7H2,1H3,(H,19,22)/t12-/m1/s1. The number of carbonyl (C=O) groups is 1. The van der Waals surface area contributed by atoms with Gasteiger partial charge >= 0.3 is 0 Å². The molecule has 0 radical (unpaired) electrons. The fourth-order valence-corrected chi connectivity index (χ4v) is 3.70. The van der Waals surface area contributed by atoms with Crippen LogP contribution < -0.4 is 5.32 Å². The Morgan fingerprint density at radius 2 is 2.33 bits per heavy atom. The Morgan fingerprint density at radius 1 is 1.42 bits per heavy atom. The second-order valence-corrected chi connectivity index (χ2v) is 6.81. The molecule has 3 aromatic rings. The molecule has 1 atom stereocenters. The molecule has 0 spiro atoms. The molecule has 0 unspecified atom stereocenters. The summed E-state index contributed by atoms with van der Waals surface area (Å²) in [7, 11) is 0. The Balaban J connectivity index is 1.73. The van der Waals surface area contributed by atoms with Crippen molar-refractivity contribution in [2.24, 2.45) is 0 Å². The molecule has 0 aliphatic carbocycles. The van der Waals surface area contributed by atoms with E-state index in [4.69, 9.17) is 4.42 Å². The van der Waals surface area contributed by atoms with Crippen LogP contribution in [0.25, 0.3) is 22.3 Å². The Labute approximate surface area is 143 Å². The van der Waals surface area contributed by atoms with Crippen molar-refractivity contribution in [3.8, 4) is 22.3 Å². The average Bonchev–Trinajstić information content (AvgIpc) is 3.28. The lowest BCUT2D eigenvalue weighted by Gasteiger charge is -2.16. The van der Waals surface area contributed by atoms with Crippen molar-refractivity contribution in [2.75, 3.05) is 6.54 Å². The van der Waals surface area contributed by atoms with Crippen molar-refractivity contribution < 1.29 is 9.21 Å². The lowest BCUT2D eigenvalue weighted by molar-refractivity contribution is -0.124. The highest BCUT2D eigenvalue weighted by Crippen LogP contribution is 2.32. The second kappa shape index (κ2) is 6.24. The van der Waals surface area contributed by atoms with Gasteiger partial charge in [-0.1, -0.05) is 6.07 Å². The zero-order valence-electron chi connectivity index (χ0n) is 13.4. The van der Waals surface area contributed by atoms with E-state index in [2.05, 4.69) is 15.3 Å². The van der Waals surface area contributed by atoms with Gasteiger partial charge in [-0.05, 0) is 37.6 Å². The number of aryl methyl sites for hydroxylation is 1. The lowest BCUT2D eigenvalue weighted by atomic mass is 10.1. The number of rotatable bonds is 3. The minimum atomic E-state index is -0.244.